The zero-order valence-corrected chi connectivity index (χ0v) is 18.5. The van der Waals surface area contributed by atoms with E-state index in [0.717, 1.165) is 74.6 Å². The molecule has 0 atom stereocenters. The molecule has 3 aromatic rings. The van der Waals surface area contributed by atoms with E-state index in [9.17, 15) is 13.2 Å². The van der Waals surface area contributed by atoms with Crippen molar-refractivity contribution in [1.29, 1.82) is 0 Å². The van der Waals surface area contributed by atoms with Gasteiger partial charge in [0.15, 0.2) is 5.82 Å². The Labute approximate surface area is 190 Å². The summed E-state index contributed by atoms with van der Waals surface area (Å²) in [4.78, 5) is 13.8. The number of hydrogen-bond donors (Lipinski definition) is 0. The van der Waals surface area contributed by atoms with Crippen LogP contribution in [0.4, 0.5) is 19.0 Å². The third-order valence-electron chi connectivity index (χ3n) is 6.80. The highest BCUT2D eigenvalue weighted by atomic mass is 19.4. The molecule has 2 fully saturated rings. The summed E-state index contributed by atoms with van der Waals surface area (Å²) in [5.41, 5.74) is 0.718. The van der Waals surface area contributed by atoms with Gasteiger partial charge in [0.1, 0.15) is 5.82 Å². The molecule has 0 N–H and O–H groups in total. The van der Waals surface area contributed by atoms with E-state index in [-0.39, 0.29) is 0 Å². The van der Waals surface area contributed by atoms with Gasteiger partial charge in [-0.15, -0.1) is 0 Å². The van der Waals surface area contributed by atoms with Gasteiger partial charge in [0.05, 0.1) is 17.5 Å². The van der Waals surface area contributed by atoms with Crippen LogP contribution >= 0.6 is 0 Å². The Morgan fingerprint density at radius 2 is 1.70 bits per heavy atom. The predicted octanol–water partition coefficient (Wildman–Crippen LogP) is 4.58. The zero-order valence-electron chi connectivity index (χ0n) is 18.5. The maximum atomic E-state index is 12.9. The smallest absolute Gasteiger partial charge is 0.354 e. The minimum Gasteiger partial charge on any atom is -0.354 e. The van der Waals surface area contributed by atoms with Gasteiger partial charge in [-0.05, 0) is 49.6 Å². The molecular weight excluding hydrogens is 431 g/mol. The van der Waals surface area contributed by atoms with E-state index in [0.29, 0.717) is 18.3 Å². The number of alkyl halides is 3. The molecule has 2 aliphatic rings. The summed E-state index contributed by atoms with van der Waals surface area (Å²) in [7, 11) is 0. The van der Waals surface area contributed by atoms with Crippen LogP contribution in [-0.4, -0.2) is 46.2 Å². The second kappa shape index (κ2) is 8.44. The maximum Gasteiger partial charge on any atom is 0.416 e. The lowest BCUT2D eigenvalue weighted by Gasteiger charge is -2.39. The Bertz CT molecular complexity index is 1100. The summed E-state index contributed by atoms with van der Waals surface area (Å²) < 4.78 is 44.4. The molecule has 1 aromatic carbocycles. The number of anilines is 1. The zero-order chi connectivity index (χ0) is 23.1. The van der Waals surface area contributed by atoms with Crippen molar-refractivity contribution in [1.82, 2.24) is 20.0 Å². The number of halogens is 3. The molecule has 3 heterocycles. The van der Waals surface area contributed by atoms with Crippen LogP contribution in [0.25, 0.3) is 0 Å². The first-order valence-electron chi connectivity index (χ1n) is 11.3. The van der Waals surface area contributed by atoms with Crippen LogP contribution in [0.3, 0.4) is 0 Å². The van der Waals surface area contributed by atoms with E-state index >= 15 is 0 Å². The minimum absolute atomic E-state index is 0.457. The third-order valence-corrected chi connectivity index (χ3v) is 6.80. The highest BCUT2D eigenvalue weighted by Gasteiger charge is 2.45. The molecule has 2 aromatic heterocycles. The number of hydrogen-bond acceptors (Lipinski definition) is 6. The number of pyridine rings is 1. The van der Waals surface area contributed by atoms with E-state index in [1.807, 2.05) is 25.1 Å². The number of rotatable bonds is 5. The highest BCUT2D eigenvalue weighted by Crippen LogP contribution is 2.48. The van der Waals surface area contributed by atoms with Gasteiger partial charge < -0.3 is 9.42 Å². The molecule has 1 aliphatic carbocycles. The van der Waals surface area contributed by atoms with Gasteiger partial charge in [0.2, 0.25) is 5.89 Å². The standard InChI is InChI=1S/C24H26F3N5O/c1-17-4-2-5-20(28-17)32-14-12-31(13-15-32)16-21-29-22(30-33-21)23(10-3-11-23)18-6-8-19(9-7-18)24(25,26)27/h2,4-9H,3,10-16H2,1H3. The molecule has 1 saturated heterocycles. The Balaban J connectivity index is 1.25. The summed E-state index contributed by atoms with van der Waals surface area (Å²) in [6.45, 7) is 6.01. The number of nitrogens with zero attached hydrogens (tertiary/aromatic N) is 5. The normalized spacial score (nSPS) is 18.8. The van der Waals surface area contributed by atoms with Gasteiger partial charge in [-0.3, -0.25) is 4.90 Å². The van der Waals surface area contributed by atoms with Crippen LogP contribution in [0.15, 0.2) is 47.0 Å². The van der Waals surface area contributed by atoms with Gasteiger partial charge in [-0.25, -0.2) is 4.98 Å². The van der Waals surface area contributed by atoms with Gasteiger partial charge in [-0.2, -0.15) is 18.2 Å². The second-order valence-corrected chi connectivity index (χ2v) is 8.92. The largest absolute Gasteiger partial charge is 0.416 e. The van der Waals surface area contributed by atoms with Crippen LogP contribution in [0.1, 0.15) is 47.8 Å². The third kappa shape index (κ3) is 4.34. The van der Waals surface area contributed by atoms with Crippen molar-refractivity contribution < 1.29 is 17.7 Å². The number of piperazine rings is 1. The number of aromatic nitrogens is 3. The van der Waals surface area contributed by atoms with Crippen molar-refractivity contribution in [3.63, 3.8) is 0 Å². The molecule has 1 saturated carbocycles. The van der Waals surface area contributed by atoms with Gasteiger partial charge in [0, 0.05) is 31.9 Å². The second-order valence-electron chi connectivity index (χ2n) is 8.92. The van der Waals surface area contributed by atoms with Crippen LogP contribution in [0, 0.1) is 6.92 Å². The molecule has 0 amide bonds. The Morgan fingerprint density at radius 1 is 0.970 bits per heavy atom. The van der Waals surface area contributed by atoms with Crippen molar-refractivity contribution in [2.75, 3.05) is 31.1 Å². The monoisotopic (exact) mass is 457 g/mol. The fourth-order valence-corrected chi connectivity index (χ4v) is 4.69. The first-order valence-corrected chi connectivity index (χ1v) is 11.3. The van der Waals surface area contributed by atoms with Crippen molar-refractivity contribution in [2.45, 2.75) is 44.3 Å². The topological polar surface area (TPSA) is 58.3 Å². The molecule has 6 nitrogen and oxygen atoms in total. The summed E-state index contributed by atoms with van der Waals surface area (Å²) in [6.07, 6.45) is -1.75. The highest BCUT2D eigenvalue weighted by molar-refractivity contribution is 5.40. The van der Waals surface area contributed by atoms with Crippen LogP contribution in [-0.2, 0) is 18.1 Å². The first-order chi connectivity index (χ1) is 15.8. The molecule has 33 heavy (non-hydrogen) atoms. The predicted molar refractivity (Wildman–Crippen MR) is 117 cm³/mol. The maximum absolute atomic E-state index is 12.9. The lowest BCUT2D eigenvalue weighted by molar-refractivity contribution is -0.137. The summed E-state index contributed by atoms with van der Waals surface area (Å²) >= 11 is 0. The fraction of sp³-hybridized carbons (Fsp3) is 0.458. The van der Waals surface area contributed by atoms with Crippen LogP contribution < -0.4 is 4.90 Å². The van der Waals surface area contributed by atoms with E-state index in [4.69, 9.17) is 4.52 Å². The van der Waals surface area contributed by atoms with Gasteiger partial charge >= 0.3 is 6.18 Å². The summed E-state index contributed by atoms with van der Waals surface area (Å²) in [5.74, 6) is 2.12. The fourth-order valence-electron chi connectivity index (χ4n) is 4.69. The molecule has 0 bridgehead atoms. The van der Waals surface area contributed by atoms with Crippen molar-refractivity contribution in [2.24, 2.45) is 0 Å². The van der Waals surface area contributed by atoms with Crippen LogP contribution in [0.5, 0.6) is 0 Å². The lowest BCUT2D eigenvalue weighted by atomic mass is 9.64. The summed E-state index contributed by atoms with van der Waals surface area (Å²) in [6, 6.07) is 11.4. The first kappa shape index (κ1) is 21.9. The lowest BCUT2D eigenvalue weighted by Crippen LogP contribution is -2.46. The van der Waals surface area contributed by atoms with Crippen LogP contribution in [0.2, 0.25) is 0 Å². The quantitative estimate of drug-likeness (QED) is 0.559. The van der Waals surface area contributed by atoms with E-state index in [1.54, 1.807) is 12.1 Å². The van der Waals surface area contributed by atoms with Gasteiger partial charge in [0.25, 0.3) is 0 Å². The minimum atomic E-state index is -4.34. The van der Waals surface area contributed by atoms with E-state index < -0.39 is 17.2 Å². The number of aryl methyl sites for hydroxylation is 1. The SMILES string of the molecule is Cc1cccc(N2CCN(Cc3nc(C4(c5ccc(C(F)(F)F)cc5)CCC4)no3)CC2)n1. The molecule has 1 aliphatic heterocycles. The average molecular weight is 458 g/mol. The van der Waals surface area contributed by atoms with Crippen molar-refractivity contribution in [3.05, 3.63) is 71.0 Å². The molecule has 0 radical (unpaired) electrons. The number of benzene rings is 1. The molecule has 0 unspecified atom stereocenters. The summed E-state index contributed by atoms with van der Waals surface area (Å²) in [5, 5.41) is 4.24. The van der Waals surface area contributed by atoms with E-state index in [2.05, 4.69) is 24.9 Å². The van der Waals surface area contributed by atoms with Gasteiger partial charge in [-0.1, -0.05) is 29.8 Å². The Hall–Kier alpha value is -2.94. The Morgan fingerprint density at radius 3 is 2.30 bits per heavy atom. The van der Waals surface area contributed by atoms with Crippen molar-refractivity contribution in [3.8, 4) is 0 Å². The van der Waals surface area contributed by atoms with E-state index in [1.165, 1.54) is 0 Å². The molecule has 174 valence electrons. The molecule has 5 rings (SSSR count). The van der Waals surface area contributed by atoms with Crippen molar-refractivity contribution >= 4 is 5.82 Å². The molecule has 9 heteroatoms. The average Bonchev–Trinajstić information content (AvgIpc) is 3.22. The molecule has 0 spiro atoms. The Kier molecular flexibility index (Phi) is 5.60. The molecular formula is C24H26F3N5O.